The molecule has 1 aromatic carbocycles. The van der Waals surface area contributed by atoms with Gasteiger partial charge in [-0.2, -0.15) is 0 Å². The van der Waals surface area contributed by atoms with Gasteiger partial charge in [0.05, 0.1) is 6.10 Å². The van der Waals surface area contributed by atoms with Crippen LogP contribution in [0.2, 0.25) is 0 Å². The highest BCUT2D eigenvalue weighted by atomic mass is 16.6. The maximum atomic E-state index is 11.1. The van der Waals surface area contributed by atoms with E-state index in [-0.39, 0.29) is 11.5 Å². The summed E-state index contributed by atoms with van der Waals surface area (Å²) in [6.07, 6.45) is 9.82. The van der Waals surface area contributed by atoms with Crippen LogP contribution in [0.5, 0.6) is 11.5 Å². The van der Waals surface area contributed by atoms with Crippen LogP contribution in [0.15, 0.2) is 18.2 Å². The molecule has 0 saturated heterocycles. The van der Waals surface area contributed by atoms with Gasteiger partial charge in [0.15, 0.2) is 11.5 Å². The van der Waals surface area contributed by atoms with Crippen molar-refractivity contribution in [3.63, 3.8) is 0 Å². The largest absolute Gasteiger partial charge is 0.486 e. The average Bonchev–Trinajstić information content (AvgIpc) is 2.58. The second-order valence-electron chi connectivity index (χ2n) is 8.81. The number of ether oxygens (including phenoxy) is 2. The van der Waals surface area contributed by atoms with Crippen LogP contribution >= 0.6 is 0 Å². The number of fused-ring (bicyclic) bond motifs is 1. The Bertz CT molecular complexity index is 588. The molecule has 24 heavy (non-hydrogen) atoms. The minimum absolute atomic E-state index is 0.140. The lowest BCUT2D eigenvalue weighted by atomic mass is 9.48. The Morgan fingerprint density at radius 2 is 1.58 bits per heavy atom. The summed E-state index contributed by atoms with van der Waals surface area (Å²) in [7, 11) is 0. The monoisotopic (exact) mass is 328 g/mol. The highest BCUT2D eigenvalue weighted by Gasteiger charge is 2.53. The maximum absolute atomic E-state index is 11.1. The van der Waals surface area contributed by atoms with Crippen LogP contribution in [0.25, 0.3) is 0 Å². The highest BCUT2D eigenvalue weighted by Crippen LogP contribution is 2.61. The first-order valence-electron chi connectivity index (χ1n) is 9.77. The normalized spacial score (nSPS) is 37.5. The van der Waals surface area contributed by atoms with Crippen LogP contribution in [0.4, 0.5) is 0 Å². The minimum Gasteiger partial charge on any atom is -0.486 e. The van der Waals surface area contributed by atoms with Crippen LogP contribution < -0.4 is 9.47 Å². The summed E-state index contributed by atoms with van der Waals surface area (Å²) in [6, 6.07) is 6.24. The zero-order chi connectivity index (χ0) is 16.1. The summed E-state index contributed by atoms with van der Waals surface area (Å²) in [5.74, 6) is 4.43. The van der Waals surface area contributed by atoms with Crippen molar-refractivity contribution in [2.45, 2.75) is 57.5 Å². The third kappa shape index (κ3) is 2.52. The van der Waals surface area contributed by atoms with Crippen molar-refractivity contribution in [1.82, 2.24) is 0 Å². The molecule has 1 aliphatic heterocycles. The molecule has 6 rings (SSSR count). The van der Waals surface area contributed by atoms with Crippen molar-refractivity contribution >= 4 is 0 Å². The van der Waals surface area contributed by atoms with Crippen LogP contribution in [0, 0.1) is 23.2 Å². The molecule has 130 valence electrons. The fourth-order valence-electron chi connectivity index (χ4n) is 6.44. The first-order chi connectivity index (χ1) is 11.7. The van der Waals surface area contributed by atoms with E-state index in [1.165, 1.54) is 44.1 Å². The number of aliphatic hydroxyl groups is 1. The van der Waals surface area contributed by atoms with Crippen molar-refractivity contribution in [2.75, 3.05) is 13.2 Å². The lowest BCUT2D eigenvalue weighted by Crippen LogP contribution is -2.51. The summed E-state index contributed by atoms with van der Waals surface area (Å²) in [5.41, 5.74) is 1.49. The summed E-state index contributed by atoms with van der Waals surface area (Å²) in [4.78, 5) is 0. The van der Waals surface area contributed by atoms with Gasteiger partial charge in [-0.25, -0.2) is 0 Å². The van der Waals surface area contributed by atoms with Gasteiger partial charge in [0.2, 0.25) is 0 Å². The van der Waals surface area contributed by atoms with E-state index in [9.17, 15) is 5.11 Å². The van der Waals surface area contributed by atoms with Crippen LogP contribution in [-0.2, 0) is 6.42 Å². The average molecular weight is 328 g/mol. The van der Waals surface area contributed by atoms with E-state index in [4.69, 9.17) is 9.47 Å². The molecule has 0 radical (unpaired) electrons. The Balaban J connectivity index is 1.27. The van der Waals surface area contributed by atoms with Gasteiger partial charge in [0, 0.05) is 0 Å². The molecule has 4 aliphatic carbocycles. The van der Waals surface area contributed by atoms with Crippen LogP contribution in [0.1, 0.15) is 50.5 Å². The molecule has 1 heterocycles. The van der Waals surface area contributed by atoms with Gasteiger partial charge in [-0.15, -0.1) is 0 Å². The lowest BCUT2D eigenvalue weighted by molar-refractivity contribution is -0.121. The van der Waals surface area contributed by atoms with Crippen molar-refractivity contribution in [2.24, 2.45) is 23.2 Å². The Labute approximate surface area is 144 Å². The molecule has 3 nitrogen and oxygen atoms in total. The zero-order valence-corrected chi connectivity index (χ0v) is 14.4. The molecule has 5 aliphatic rings. The number of aliphatic hydroxyl groups excluding tert-OH is 1. The second kappa shape index (κ2) is 5.66. The van der Waals surface area contributed by atoms with E-state index >= 15 is 0 Å². The van der Waals surface area contributed by atoms with Gasteiger partial charge in [-0.05, 0) is 92.2 Å². The van der Waals surface area contributed by atoms with Crippen molar-refractivity contribution in [3.8, 4) is 11.5 Å². The van der Waals surface area contributed by atoms with Crippen molar-refractivity contribution in [1.29, 1.82) is 0 Å². The predicted molar refractivity (Wildman–Crippen MR) is 92.4 cm³/mol. The van der Waals surface area contributed by atoms with E-state index in [0.29, 0.717) is 13.2 Å². The summed E-state index contributed by atoms with van der Waals surface area (Å²) in [6.45, 7) is 1.27. The molecule has 0 aromatic heterocycles. The third-order valence-electron chi connectivity index (χ3n) is 7.11. The van der Waals surface area contributed by atoms with Gasteiger partial charge >= 0.3 is 0 Å². The van der Waals surface area contributed by atoms with Crippen molar-refractivity contribution in [3.05, 3.63) is 23.8 Å². The van der Waals surface area contributed by atoms with Crippen LogP contribution in [0.3, 0.4) is 0 Å². The molecular weight excluding hydrogens is 300 g/mol. The molecule has 3 heteroatoms. The third-order valence-corrected chi connectivity index (χ3v) is 7.11. The van der Waals surface area contributed by atoms with Crippen LogP contribution in [-0.4, -0.2) is 24.4 Å². The SMILES string of the molecule is OC(CCc1ccc2c(c1)OCCO2)C12CC3CC(CC(C3)C1)C2. The standard InChI is InChI=1S/C21H28O3/c22-20(21-11-15-7-16(12-21)9-17(8-15)13-21)4-2-14-1-3-18-19(10-14)24-6-5-23-18/h1,3,10,15-17,20,22H,2,4-9,11-13H2. The van der Waals surface area contributed by atoms with E-state index in [0.717, 1.165) is 42.1 Å². The highest BCUT2D eigenvalue weighted by molar-refractivity contribution is 5.43. The molecule has 4 bridgehead atoms. The number of aryl methyl sites for hydroxylation is 1. The number of hydrogen-bond acceptors (Lipinski definition) is 3. The number of rotatable bonds is 4. The lowest BCUT2D eigenvalue weighted by Gasteiger charge is -2.58. The van der Waals surface area contributed by atoms with Crippen molar-refractivity contribution < 1.29 is 14.6 Å². The van der Waals surface area contributed by atoms with Gasteiger partial charge < -0.3 is 14.6 Å². The first-order valence-corrected chi connectivity index (χ1v) is 9.77. The maximum Gasteiger partial charge on any atom is 0.161 e. The summed E-state index contributed by atoms with van der Waals surface area (Å²) in [5, 5.41) is 11.1. The molecule has 4 saturated carbocycles. The Morgan fingerprint density at radius 3 is 2.25 bits per heavy atom. The van der Waals surface area contributed by atoms with E-state index < -0.39 is 0 Å². The molecule has 0 spiro atoms. The second-order valence-corrected chi connectivity index (χ2v) is 8.81. The fourth-order valence-corrected chi connectivity index (χ4v) is 6.44. The van der Waals surface area contributed by atoms with E-state index in [1.54, 1.807) is 0 Å². The number of benzene rings is 1. The molecule has 1 atom stereocenters. The molecule has 1 N–H and O–H groups in total. The summed E-state index contributed by atoms with van der Waals surface area (Å²) >= 11 is 0. The van der Waals surface area contributed by atoms with Gasteiger partial charge in [0.25, 0.3) is 0 Å². The fraction of sp³-hybridized carbons (Fsp3) is 0.714. The topological polar surface area (TPSA) is 38.7 Å². The van der Waals surface area contributed by atoms with Gasteiger partial charge in [0.1, 0.15) is 13.2 Å². The summed E-state index contributed by atoms with van der Waals surface area (Å²) < 4.78 is 11.3. The van der Waals surface area contributed by atoms with E-state index in [1.807, 2.05) is 6.07 Å². The molecular formula is C21H28O3. The Kier molecular flexibility index (Phi) is 3.55. The molecule has 1 unspecified atom stereocenters. The van der Waals surface area contributed by atoms with Gasteiger partial charge in [-0.3, -0.25) is 0 Å². The minimum atomic E-state index is -0.140. The number of hydrogen-bond donors (Lipinski definition) is 1. The Morgan fingerprint density at radius 1 is 0.958 bits per heavy atom. The predicted octanol–water partition coefficient (Wildman–Crippen LogP) is 3.97. The quantitative estimate of drug-likeness (QED) is 0.909. The molecule has 1 aromatic rings. The first kappa shape index (κ1) is 15.1. The van der Waals surface area contributed by atoms with E-state index in [2.05, 4.69) is 12.1 Å². The smallest absolute Gasteiger partial charge is 0.161 e. The molecule has 0 amide bonds. The Hall–Kier alpha value is -1.22. The zero-order valence-electron chi connectivity index (χ0n) is 14.4. The van der Waals surface area contributed by atoms with Gasteiger partial charge in [-0.1, -0.05) is 6.07 Å². The molecule has 4 fully saturated rings.